The number of benzene rings is 1. The van der Waals surface area contributed by atoms with E-state index in [1.165, 1.54) is 5.56 Å². The summed E-state index contributed by atoms with van der Waals surface area (Å²) < 4.78 is 23.3. The lowest BCUT2D eigenvalue weighted by molar-refractivity contribution is 0.185. The standard InChI is InChI=1S/C15H24N2O2S/c1-12-10-20(18,19)9-8-17(12)11-15(2,3)13-4-6-14(16)7-5-13/h4-7,12H,8-11,16H2,1-3H3. The van der Waals surface area contributed by atoms with Gasteiger partial charge in [0.1, 0.15) is 0 Å². The summed E-state index contributed by atoms with van der Waals surface area (Å²) >= 11 is 0. The molecular weight excluding hydrogens is 272 g/mol. The van der Waals surface area contributed by atoms with Gasteiger partial charge >= 0.3 is 0 Å². The Bertz CT molecular complexity index is 564. The Labute approximate surface area is 121 Å². The van der Waals surface area contributed by atoms with Crippen molar-refractivity contribution < 1.29 is 8.42 Å². The van der Waals surface area contributed by atoms with Crippen LogP contribution in [0.5, 0.6) is 0 Å². The second-order valence-corrected chi connectivity index (χ2v) is 8.67. The fourth-order valence-corrected chi connectivity index (χ4v) is 4.43. The van der Waals surface area contributed by atoms with Crippen molar-refractivity contribution in [2.24, 2.45) is 0 Å². The lowest BCUT2D eigenvalue weighted by Gasteiger charge is -2.39. The number of nitrogens with two attached hydrogens (primary N) is 1. The first-order valence-corrected chi connectivity index (χ1v) is 8.82. The predicted molar refractivity (Wildman–Crippen MR) is 83.6 cm³/mol. The van der Waals surface area contributed by atoms with Gasteiger partial charge < -0.3 is 5.73 Å². The zero-order valence-corrected chi connectivity index (χ0v) is 13.3. The maximum atomic E-state index is 11.6. The summed E-state index contributed by atoms with van der Waals surface area (Å²) in [5, 5.41) is 0. The summed E-state index contributed by atoms with van der Waals surface area (Å²) in [4.78, 5) is 2.28. The zero-order chi connectivity index (χ0) is 15.0. The maximum Gasteiger partial charge on any atom is 0.153 e. The number of anilines is 1. The number of hydrogen-bond donors (Lipinski definition) is 1. The fourth-order valence-electron chi connectivity index (χ4n) is 2.80. The van der Waals surface area contributed by atoms with Gasteiger partial charge in [0, 0.05) is 30.2 Å². The van der Waals surface area contributed by atoms with E-state index in [2.05, 4.69) is 30.9 Å². The fraction of sp³-hybridized carbons (Fsp3) is 0.600. The SMILES string of the molecule is CC1CS(=O)(=O)CCN1CC(C)(C)c1ccc(N)cc1. The van der Waals surface area contributed by atoms with Gasteiger partial charge in [0.15, 0.2) is 9.84 Å². The molecule has 4 nitrogen and oxygen atoms in total. The third-order valence-corrected chi connectivity index (χ3v) is 5.89. The van der Waals surface area contributed by atoms with Crippen molar-refractivity contribution in [1.29, 1.82) is 0 Å². The maximum absolute atomic E-state index is 11.6. The van der Waals surface area contributed by atoms with Crippen LogP contribution in [0, 0.1) is 0 Å². The average molecular weight is 296 g/mol. The normalized spacial score (nSPS) is 23.6. The first-order valence-electron chi connectivity index (χ1n) is 7.00. The third kappa shape index (κ3) is 3.52. The molecule has 1 heterocycles. The van der Waals surface area contributed by atoms with Gasteiger partial charge in [-0.25, -0.2) is 8.42 Å². The van der Waals surface area contributed by atoms with E-state index in [0.29, 0.717) is 6.54 Å². The molecule has 0 saturated carbocycles. The minimum atomic E-state index is -2.85. The summed E-state index contributed by atoms with van der Waals surface area (Å²) in [5.41, 5.74) is 7.70. The van der Waals surface area contributed by atoms with Gasteiger partial charge in [-0.2, -0.15) is 0 Å². The van der Waals surface area contributed by atoms with E-state index in [9.17, 15) is 8.42 Å². The highest BCUT2D eigenvalue weighted by Crippen LogP contribution is 2.27. The van der Waals surface area contributed by atoms with Gasteiger partial charge in [-0.15, -0.1) is 0 Å². The molecule has 1 aromatic carbocycles. The molecule has 0 aromatic heterocycles. The molecule has 0 spiro atoms. The van der Waals surface area contributed by atoms with Crippen LogP contribution in [0.3, 0.4) is 0 Å². The van der Waals surface area contributed by atoms with Crippen molar-refractivity contribution in [3.63, 3.8) is 0 Å². The molecule has 1 saturated heterocycles. The monoisotopic (exact) mass is 296 g/mol. The molecule has 1 aromatic rings. The minimum Gasteiger partial charge on any atom is -0.399 e. The molecule has 5 heteroatoms. The van der Waals surface area contributed by atoms with Crippen LogP contribution in [-0.4, -0.2) is 44.0 Å². The van der Waals surface area contributed by atoms with E-state index >= 15 is 0 Å². The molecule has 1 atom stereocenters. The quantitative estimate of drug-likeness (QED) is 0.862. The molecular formula is C15H24N2O2S. The van der Waals surface area contributed by atoms with E-state index in [1.807, 2.05) is 19.1 Å². The van der Waals surface area contributed by atoms with E-state index in [0.717, 1.165) is 12.2 Å². The van der Waals surface area contributed by atoms with Gasteiger partial charge in [-0.05, 0) is 24.6 Å². The molecule has 0 amide bonds. The average Bonchev–Trinajstić information content (AvgIpc) is 2.33. The molecule has 0 bridgehead atoms. The lowest BCUT2D eigenvalue weighted by Crippen LogP contribution is -2.50. The van der Waals surface area contributed by atoms with E-state index in [4.69, 9.17) is 5.73 Å². The lowest BCUT2D eigenvalue weighted by atomic mass is 9.83. The summed E-state index contributed by atoms with van der Waals surface area (Å²) in [6.07, 6.45) is 0. The highest BCUT2D eigenvalue weighted by atomic mass is 32.2. The Kier molecular flexibility index (Phi) is 4.12. The van der Waals surface area contributed by atoms with Crippen molar-refractivity contribution in [1.82, 2.24) is 4.90 Å². The molecule has 0 aliphatic carbocycles. The molecule has 112 valence electrons. The summed E-state index contributed by atoms with van der Waals surface area (Å²) in [6, 6.07) is 8.03. The number of rotatable bonds is 3. The second kappa shape index (κ2) is 5.37. The van der Waals surface area contributed by atoms with Gasteiger partial charge in [-0.3, -0.25) is 4.90 Å². The Morgan fingerprint density at radius 1 is 1.30 bits per heavy atom. The van der Waals surface area contributed by atoms with Crippen molar-refractivity contribution in [3.8, 4) is 0 Å². The molecule has 2 N–H and O–H groups in total. The second-order valence-electron chi connectivity index (χ2n) is 6.44. The first kappa shape index (κ1) is 15.3. The Hall–Kier alpha value is -1.07. The molecule has 20 heavy (non-hydrogen) atoms. The Morgan fingerprint density at radius 2 is 1.90 bits per heavy atom. The number of nitrogens with zero attached hydrogens (tertiary/aromatic N) is 1. The zero-order valence-electron chi connectivity index (χ0n) is 12.5. The van der Waals surface area contributed by atoms with Crippen molar-refractivity contribution in [2.75, 3.05) is 30.3 Å². The molecule has 1 aliphatic rings. The van der Waals surface area contributed by atoms with Gasteiger partial charge in [0.05, 0.1) is 11.5 Å². The smallest absolute Gasteiger partial charge is 0.153 e. The van der Waals surface area contributed by atoms with Crippen molar-refractivity contribution in [3.05, 3.63) is 29.8 Å². The van der Waals surface area contributed by atoms with Gasteiger partial charge in [-0.1, -0.05) is 26.0 Å². The largest absolute Gasteiger partial charge is 0.399 e. The highest BCUT2D eigenvalue weighted by molar-refractivity contribution is 7.91. The van der Waals surface area contributed by atoms with Crippen LogP contribution in [0.2, 0.25) is 0 Å². The molecule has 1 unspecified atom stereocenters. The van der Waals surface area contributed by atoms with Crippen LogP contribution < -0.4 is 5.73 Å². The van der Waals surface area contributed by atoms with E-state index in [-0.39, 0.29) is 23.0 Å². The first-order chi connectivity index (χ1) is 9.20. The van der Waals surface area contributed by atoms with E-state index < -0.39 is 9.84 Å². The number of nitrogen functional groups attached to an aromatic ring is 1. The van der Waals surface area contributed by atoms with Crippen LogP contribution >= 0.6 is 0 Å². The van der Waals surface area contributed by atoms with Crippen LogP contribution in [0.25, 0.3) is 0 Å². The molecule has 2 rings (SSSR count). The van der Waals surface area contributed by atoms with Crippen LogP contribution in [0.4, 0.5) is 5.69 Å². The summed E-state index contributed by atoms with van der Waals surface area (Å²) in [5.74, 6) is 0.542. The molecule has 1 aliphatic heterocycles. The van der Waals surface area contributed by atoms with E-state index in [1.54, 1.807) is 0 Å². The summed E-state index contributed by atoms with van der Waals surface area (Å²) in [6.45, 7) is 7.86. The van der Waals surface area contributed by atoms with Crippen LogP contribution in [-0.2, 0) is 15.3 Å². The molecule has 1 fully saturated rings. The summed E-state index contributed by atoms with van der Waals surface area (Å²) in [7, 11) is -2.85. The van der Waals surface area contributed by atoms with Crippen LogP contribution in [0.15, 0.2) is 24.3 Å². The van der Waals surface area contributed by atoms with Crippen molar-refractivity contribution in [2.45, 2.75) is 32.2 Å². The third-order valence-electron chi connectivity index (χ3n) is 4.10. The predicted octanol–water partition coefficient (Wildman–Crippen LogP) is 1.67. The highest BCUT2D eigenvalue weighted by Gasteiger charge is 2.32. The number of hydrogen-bond acceptors (Lipinski definition) is 4. The van der Waals surface area contributed by atoms with Crippen molar-refractivity contribution >= 4 is 15.5 Å². The van der Waals surface area contributed by atoms with Gasteiger partial charge in [0.25, 0.3) is 0 Å². The van der Waals surface area contributed by atoms with Gasteiger partial charge in [0.2, 0.25) is 0 Å². The molecule has 0 radical (unpaired) electrons. The Morgan fingerprint density at radius 3 is 2.45 bits per heavy atom. The Balaban J connectivity index is 2.10. The number of sulfone groups is 1. The topological polar surface area (TPSA) is 63.4 Å². The minimum absolute atomic E-state index is 0.0247. The van der Waals surface area contributed by atoms with Crippen LogP contribution in [0.1, 0.15) is 26.3 Å².